The minimum Gasteiger partial charge on any atom is -0.493 e. The molecule has 7 nitrogen and oxygen atoms in total. The summed E-state index contributed by atoms with van der Waals surface area (Å²) in [5.74, 6) is 1.50. The zero-order valence-corrected chi connectivity index (χ0v) is 21.2. The van der Waals surface area contributed by atoms with E-state index in [4.69, 9.17) is 9.47 Å². The molecule has 4 rings (SSSR count). The fraction of sp³-hybridized carbons (Fsp3) is 0.500. The van der Waals surface area contributed by atoms with Crippen LogP contribution in [0.15, 0.2) is 36.4 Å². The Morgan fingerprint density at radius 2 is 1.74 bits per heavy atom. The van der Waals surface area contributed by atoms with Crippen LogP contribution in [0.1, 0.15) is 61.4 Å². The molecule has 0 bridgehead atoms. The van der Waals surface area contributed by atoms with Crippen LogP contribution in [0.4, 0.5) is 4.79 Å². The average molecular weight is 480 g/mol. The number of hydrogen-bond acceptors (Lipinski definition) is 4. The highest BCUT2D eigenvalue weighted by Gasteiger charge is 2.30. The van der Waals surface area contributed by atoms with E-state index >= 15 is 0 Å². The zero-order valence-electron chi connectivity index (χ0n) is 21.2. The van der Waals surface area contributed by atoms with Crippen molar-refractivity contribution in [3.63, 3.8) is 0 Å². The van der Waals surface area contributed by atoms with Gasteiger partial charge in [-0.15, -0.1) is 0 Å². The molecule has 0 saturated carbocycles. The molecule has 7 heteroatoms. The van der Waals surface area contributed by atoms with Crippen LogP contribution in [0.25, 0.3) is 0 Å². The molecule has 0 saturated heterocycles. The predicted molar refractivity (Wildman–Crippen MR) is 136 cm³/mol. The van der Waals surface area contributed by atoms with Crippen LogP contribution in [0.3, 0.4) is 0 Å². The number of carbonyl (C=O) groups excluding carboxylic acids is 2. The number of nitrogens with zero attached hydrogens (tertiary/aromatic N) is 1. The van der Waals surface area contributed by atoms with Crippen LogP contribution < -0.4 is 20.1 Å². The van der Waals surface area contributed by atoms with Gasteiger partial charge in [0.15, 0.2) is 11.5 Å². The van der Waals surface area contributed by atoms with Crippen molar-refractivity contribution in [2.45, 2.75) is 64.6 Å². The lowest BCUT2D eigenvalue weighted by molar-refractivity contribution is -0.124. The minimum absolute atomic E-state index is 0.0108. The molecule has 2 N–H and O–H groups in total. The van der Waals surface area contributed by atoms with E-state index in [1.807, 2.05) is 24.3 Å². The van der Waals surface area contributed by atoms with E-state index in [-0.39, 0.29) is 23.9 Å². The molecule has 188 valence electrons. The maximum absolute atomic E-state index is 13.4. The third-order valence-corrected chi connectivity index (χ3v) is 7.01. The highest BCUT2D eigenvalue weighted by molar-refractivity contribution is 5.87. The number of fused-ring (bicyclic) bond motifs is 2. The van der Waals surface area contributed by atoms with Gasteiger partial charge in [-0.05, 0) is 72.4 Å². The second kappa shape index (κ2) is 11.0. The molecule has 0 radical (unpaired) electrons. The van der Waals surface area contributed by atoms with E-state index in [1.54, 1.807) is 19.1 Å². The van der Waals surface area contributed by atoms with Crippen molar-refractivity contribution in [3.8, 4) is 11.5 Å². The van der Waals surface area contributed by atoms with E-state index < -0.39 is 6.04 Å². The summed E-state index contributed by atoms with van der Waals surface area (Å²) in [5.41, 5.74) is 4.68. The summed E-state index contributed by atoms with van der Waals surface area (Å²) in [4.78, 5) is 28.4. The molecule has 0 unspecified atom stereocenters. The smallest absolute Gasteiger partial charge is 0.318 e. The largest absolute Gasteiger partial charge is 0.493 e. The van der Waals surface area contributed by atoms with E-state index in [0.29, 0.717) is 31.0 Å². The first-order valence-electron chi connectivity index (χ1n) is 12.6. The number of nitrogens with one attached hydrogen (secondary N) is 2. The van der Waals surface area contributed by atoms with Crippen molar-refractivity contribution in [2.75, 3.05) is 20.8 Å². The molecule has 35 heavy (non-hydrogen) atoms. The Balaban J connectivity index is 1.44. The highest BCUT2D eigenvalue weighted by Crippen LogP contribution is 2.33. The third kappa shape index (κ3) is 5.72. The van der Waals surface area contributed by atoms with Gasteiger partial charge in [-0.2, -0.15) is 0 Å². The summed E-state index contributed by atoms with van der Waals surface area (Å²) >= 11 is 0. The van der Waals surface area contributed by atoms with Gasteiger partial charge in [-0.3, -0.25) is 4.79 Å². The van der Waals surface area contributed by atoms with Crippen molar-refractivity contribution in [3.05, 3.63) is 58.7 Å². The first-order valence-corrected chi connectivity index (χ1v) is 12.6. The molecule has 1 heterocycles. The number of rotatable bonds is 7. The van der Waals surface area contributed by atoms with Gasteiger partial charge in [0, 0.05) is 13.1 Å². The SMILES string of the molecule is COc1cc2c(cc1OC)CN(C(=O)N[C@H](CC(C)C)C(=O)N[C@H]1CCCc3ccccc31)CC2. The third-order valence-electron chi connectivity index (χ3n) is 7.01. The molecule has 0 spiro atoms. The second-order valence-corrected chi connectivity index (χ2v) is 9.93. The Morgan fingerprint density at radius 1 is 1.03 bits per heavy atom. The van der Waals surface area contributed by atoms with Gasteiger partial charge in [0.2, 0.25) is 5.91 Å². The van der Waals surface area contributed by atoms with E-state index in [2.05, 4.69) is 36.6 Å². The van der Waals surface area contributed by atoms with Gasteiger partial charge in [0.1, 0.15) is 6.04 Å². The number of aryl methyl sites for hydroxylation is 1. The number of carbonyl (C=O) groups is 2. The van der Waals surface area contributed by atoms with Crippen LogP contribution in [0, 0.1) is 5.92 Å². The molecule has 1 aliphatic carbocycles. The van der Waals surface area contributed by atoms with Crippen molar-refractivity contribution < 1.29 is 19.1 Å². The standard InChI is InChI=1S/C28H37N3O4/c1-18(2)14-24(27(32)29-23-11-7-9-19-8-5-6-10-22(19)23)30-28(33)31-13-12-20-15-25(34-3)26(35-4)16-21(20)17-31/h5-6,8,10,15-16,18,23-24H,7,9,11-14,17H2,1-4H3,(H,29,32)(H,30,33)/t23-,24+/m0/s1. The summed E-state index contributed by atoms with van der Waals surface area (Å²) in [5, 5.41) is 6.26. The van der Waals surface area contributed by atoms with Gasteiger partial charge in [-0.1, -0.05) is 38.1 Å². The van der Waals surface area contributed by atoms with Gasteiger partial charge in [-0.25, -0.2) is 4.79 Å². The number of methoxy groups -OCH3 is 2. The molecular formula is C28H37N3O4. The molecule has 2 atom stereocenters. The lowest BCUT2D eigenvalue weighted by Crippen LogP contribution is -2.53. The second-order valence-electron chi connectivity index (χ2n) is 9.93. The number of amides is 3. The molecule has 2 aromatic carbocycles. The molecule has 2 aromatic rings. The van der Waals surface area contributed by atoms with Crippen LogP contribution in [-0.2, 0) is 24.2 Å². The van der Waals surface area contributed by atoms with Gasteiger partial charge < -0.3 is 25.0 Å². The zero-order chi connectivity index (χ0) is 24.9. The Hall–Kier alpha value is -3.22. The summed E-state index contributed by atoms with van der Waals surface area (Å²) in [7, 11) is 3.23. The topological polar surface area (TPSA) is 79.9 Å². The van der Waals surface area contributed by atoms with Crippen LogP contribution in [0.2, 0.25) is 0 Å². The number of benzene rings is 2. The maximum atomic E-state index is 13.4. The van der Waals surface area contributed by atoms with Gasteiger partial charge >= 0.3 is 6.03 Å². The summed E-state index contributed by atoms with van der Waals surface area (Å²) in [6.07, 6.45) is 4.32. The number of urea groups is 1. The van der Waals surface area contributed by atoms with Crippen molar-refractivity contribution in [2.24, 2.45) is 5.92 Å². The lowest BCUT2D eigenvalue weighted by atomic mass is 9.87. The molecule has 0 fully saturated rings. The monoisotopic (exact) mass is 479 g/mol. The molecule has 2 aliphatic rings. The first kappa shape index (κ1) is 24.9. The lowest BCUT2D eigenvalue weighted by Gasteiger charge is -2.32. The van der Waals surface area contributed by atoms with Gasteiger partial charge in [0.05, 0.1) is 20.3 Å². The van der Waals surface area contributed by atoms with E-state index in [9.17, 15) is 9.59 Å². The summed E-state index contributed by atoms with van der Waals surface area (Å²) in [6.45, 7) is 5.19. The van der Waals surface area contributed by atoms with Crippen LogP contribution >= 0.6 is 0 Å². The number of hydrogen-bond donors (Lipinski definition) is 2. The normalized spacial score (nSPS) is 17.7. The molecule has 0 aromatic heterocycles. The van der Waals surface area contributed by atoms with E-state index in [1.165, 1.54) is 11.1 Å². The minimum atomic E-state index is -0.580. The van der Waals surface area contributed by atoms with Crippen molar-refractivity contribution >= 4 is 11.9 Å². The Bertz CT molecular complexity index is 1070. The maximum Gasteiger partial charge on any atom is 0.318 e. The summed E-state index contributed by atoms with van der Waals surface area (Å²) < 4.78 is 10.9. The fourth-order valence-electron chi connectivity index (χ4n) is 5.18. The van der Waals surface area contributed by atoms with Gasteiger partial charge in [0.25, 0.3) is 0 Å². The quantitative estimate of drug-likeness (QED) is 0.618. The predicted octanol–water partition coefficient (Wildman–Crippen LogP) is 4.38. The Morgan fingerprint density at radius 3 is 2.46 bits per heavy atom. The molecule has 1 aliphatic heterocycles. The number of ether oxygens (including phenoxy) is 2. The molecular weight excluding hydrogens is 442 g/mol. The van der Waals surface area contributed by atoms with Crippen molar-refractivity contribution in [1.82, 2.24) is 15.5 Å². The van der Waals surface area contributed by atoms with Crippen LogP contribution in [-0.4, -0.2) is 43.6 Å². The molecule has 3 amide bonds. The fourth-order valence-corrected chi connectivity index (χ4v) is 5.18. The highest BCUT2D eigenvalue weighted by atomic mass is 16.5. The Labute approximate surface area is 208 Å². The van der Waals surface area contributed by atoms with Crippen molar-refractivity contribution in [1.29, 1.82) is 0 Å². The van der Waals surface area contributed by atoms with Crippen LogP contribution in [0.5, 0.6) is 11.5 Å². The van der Waals surface area contributed by atoms with E-state index in [0.717, 1.165) is 36.8 Å². The average Bonchev–Trinajstić information content (AvgIpc) is 2.86. The summed E-state index contributed by atoms with van der Waals surface area (Å²) in [6, 6.07) is 11.4. The first-order chi connectivity index (χ1) is 16.9. The Kier molecular flexibility index (Phi) is 7.83.